The number of nitrogens with one attached hydrogen (secondary N) is 1. The highest BCUT2D eigenvalue weighted by atomic mass is 32.2. The van der Waals surface area contributed by atoms with E-state index in [-0.39, 0.29) is 30.4 Å². The van der Waals surface area contributed by atoms with Crippen LogP contribution in [0.1, 0.15) is 20.3 Å². The first-order valence-electron chi connectivity index (χ1n) is 6.18. The van der Waals surface area contributed by atoms with E-state index < -0.39 is 27.9 Å². The molecule has 0 aromatic rings. The van der Waals surface area contributed by atoms with E-state index in [2.05, 4.69) is 5.32 Å². The number of aliphatic carboxylic acids is 1. The van der Waals surface area contributed by atoms with Gasteiger partial charge in [-0.25, -0.2) is 13.2 Å². The molecule has 1 atom stereocenters. The van der Waals surface area contributed by atoms with E-state index in [1.165, 1.54) is 4.90 Å². The van der Waals surface area contributed by atoms with Gasteiger partial charge in [0.25, 0.3) is 0 Å². The molecule has 1 rings (SSSR count). The molecule has 1 aliphatic heterocycles. The lowest BCUT2D eigenvalue weighted by Crippen LogP contribution is -2.55. The summed E-state index contributed by atoms with van der Waals surface area (Å²) in [5.41, 5.74) is 0. The minimum Gasteiger partial charge on any atom is -0.481 e. The summed E-state index contributed by atoms with van der Waals surface area (Å²) < 4.78 is 23.1. The SMILES string of the molecule is CC(C)CNC(=O)N1CCS(=O)(=O)CC1CC(=O)O. The van der Waals surface area contributed by atoms with Crippen LogP contribution in [0, 0.1) is 5.92 Å². The summed E-state index contributed by atoms with van der Waals surface area (Å²) in [6.07, 6.45) is -0.353. The minimum atomic E-state index is -3.26. The van der Waals surface area contributed by atoms with Gasteiger partial charge >= 0.3 is 12.0 Å². The number of carbonyl (C=O) groups excluding carboxylic acids is 1. The Bertz CT molecular complexity index is 446. The highest BCUT2D eigenvalue weighted by Crippen LogP contribution is 2.15. The summed E-state index contributed by atoms with van der Waals surface area (Å²) in [6.45, 7) is 4.40. The molecule has 0 aromatic carbocycles. The van der Waals surface area contributed by atoms with Crippen LogP contribution in [-0.2, 0) is 14.6 Å². The summed E-state index contributed by atoms with van der Waals surface area (Å²) in [6, 6.07) is -1.18. The smallest absolute Gasteiger partial charge is 0.317 e. The van der Waals surface area contributed by atoms with Crippen LogP contribution >= 0.6 is 0 Å². The summed E-state index contributed by atoms with van der Waals surface area (Å²) in [5, 5.41) is 11.5. The zero-order chi connectivity index (χ0) is 14.6. The average molecular weight is 292 g/mol. The minimum absolute atomic E-state index is 0.0458. The Kier molecular flexibility index (Phi) is 5.16. The fourth-order valence-corrected chi connectivity index (χ4v) is 3.44. The Morgan fingerprint density at radius 2 is 2.05 bits per heavy atom. The Hall–Kier alpha value is -1.31. The lowest BCUT2D eigenvalue weighted by atomic mass is 10.2. The van der Waals surface area contributed by atoms with Crippen LogP contribution in [0.3, 0.4) is 0 Å². The van der Waals surface area contributed by atoms with Crippen molar-refractivity contribution in [3.63, 3.8) is 0 Å². The van der Waals surface area contributed by atoms with Crippen molar-refractivity contribution >= 4 is 21.8 Å². The largest absolute Gasteiger partial charge is 0.481 e. The molecule has 19 heavy (non-hydrogen) atoms. The molecule has 0 spiro atoms. The van der Waals surface area contributed by atoms with Crippen LogP contribution in [0.15, 0.2) is 0 Å². The third-order valence-corrected chi connectivity index (χ3v) is 4.56. The van der Waals surface area contributed by atoms with E-state index in [9.17, 15) is 18.0 Å². The maximum Gasteiger partial charge on any atom is 0.317 e. The van der Waals surface area contributed by atoms with Crippen LogP contribution in [-0.4, -0.2) is 61.1 Å². The first-order valence-corrected chi connectivity index (χ1v) is 8.00. The van der Waals surface area contributed by atoms with Crippen LogP contribution in [0.25, 0.3) is 0 Å². The second kappa shape index (κ2) is 6.23. The fraction of sp³-hybridized carbons (Fsp3) is 0.818. The van der Waals surface area contributed by atoms with Crippen molar-refractivity contribution in [2.45, 2.75) is 26.3 Å². The van der Waals surface area contributed by atoms with Gasteiger partial charge in [0, 0.05) is 13.1 Å². The zero-order valence-electron chi connectivity index (χ0n) is 11.1. The van der Waals surface area contributed by atoms with Crippen molar-refractivity contribution in [2.75, 3.05) is 24.6 Å². The van der Waals surface area contributed by atoms with Crippen LogP contribution < -0.4 is 5.32 Å². The van der Waals surface area contributed by atoms with E-state index in [1.54, 1.807) is 0 Å². The second-order valence-corrected chi connectivity index (χ2v) is 7.37. The molecule has 7 nitrogen and oxygen atoms in total. The molecule has 2 amide bonds. The molecule has 0 aliphatic carbocycles. The van der Waals surface area contributed by atoms with Gasteiger partial charge in [0.1, 0.15) is 0 Å². The van der Waals surface area contributed by atoms with Gasteiger partial charge in [-0.15, -0.1) is 0 Å². The van der Waals surface area contributed by atoms with Gasteiger partial charge in [-0.1, -0.05) is 13.8 Å². The van der Waals surface area contributed by atoms with Gasteiger partial charge < -0.3 is 15.3 Å². The quantitative estimate of drug-likeness (QED) is 0.754. The third-order valence-electron chi connectivity index (χ3n) is 2.86. The number of nitrogens with zero attached hydrogens (tertiary/aromatic N) is 1. The third kappa shape index (κ3) is 5.06. The van der Waals surface area contributed by atoms with E-state index >= 15 is 0 Å². The highest BCUT2D eigenvalue weighted by molar-refractivity contribution is 7.91. The van der Waals surface area contributed by atoms with Gasteiger partial charge in [-0.05, 0) is 5.92 Å². The molecule has 1 saturated heterocycles. The number of carbonyl (C=O) groups is 2. The normalized spacial score (nSPS) is 22.3. The number of sulfone groups is 1. The van der Waals surface area contributed by atoms with Gasteiger partial charge in [0.05, 0.1) is 24.0 Å². The topological polar surface area (TPSA) is 104 Å². The lowest BCUT2D eigenvalue weighted by molar-refractivity contribution is -0.138. The number of hydrogen-bond acceptors (Lipinski definition) is 4. The lowest BCUT2D eigenvalue weighted by Gasteiger charge is -2.34. The molecular formula is C11H20N2O5S. The van der Waals surface area contributed by atoms with Crippen molar-refractivity contribution in [3.05, 3.63) is 0 Å². The number of rotatable bonds is 4. The summed E-state index contributed by atoms with van der Waals surface area (Å²) >= 11 is 0. The molecule has 0 radical (unpaired) electrons. The molecule has 0 bridgehead atoms. The van der Waals surface area contributed by atoms with E-state index in [0.717, 1.165) is 0 Å². The molecule has 8 heteroatoms. The maximum absolute atomic E-state index is 11.9. The van der Waals surface area contributed by atoms with Crippen molar-refractivity contribution in [1.82, 2.24) is 10.2 Å². The van der Waals surface area contributed by atoms with Gasteiger partial charge in [0.15, 0.2) is 9.84 Å². The number of hydrogen-bond donors (Lipinski definition) is 2. The van der Waals surface area contributed by atoms with Crippen LogP contribution in [0.2, 0.25) is 0 Å². The Morgan fingerprint density at radius 3 is 2.58 bits per heavy atom. The van der Waals surface area contributed by atoms with Gasteiger partial charge in [0.2, 0.25) is 0 Å². The second-order valence-electron chi connectivity index (χ2n) is 5.14. The molecular weight excluding hydrogens is 272 g/mol. The first-order chi connectivity index (χ1) is 8.71. The van der Waals surface area contributed by atoms with E-state index in [4.69, 9.17) is 5.11 Å². The standard InChI is InChI=1S/C11H20N2O5S/c1-8(2)6-12-11(16)13-3-4-19(17,18)7-9(13)5-10(14)15/h8-9H,3-7H2,1-2H3,(H,12,16)(H,14,15). The predicted octanol–water partition coefficient (Wildman–Crippen LogP) is -0.0743. The zero-order valence-corrected chi connectivity index (χ0v) is 11.9. The molecule has 1 heterocycles. The monoisotopic (exact) mass is 292 g/mol. The van der Waals surface area contributed by atoms with Crippen LogP contribution in [0.4, 0.5) is 4.79 Å². The Balaban J connectivity index is 2.73. The maximum atomic E-state index is 11.9. The average Bonchev–Trinajstić information content (AvgIpc) is 2.24. The molecule has 2 N–H and O–H groups in total. The van der Waals surface area contributed by atoms with Crippen molar-refractivity contribution in [1.29, 1.82) is 0 Å². The van der Waals surface area contributed by atoms with Crippen molar-refractivity contribution < 1.29 is 23.1 Å². The Morgan fingerprint density at radius 1 is 1.42 bits per heavy atom. The van der Waals surface area contributed by atoms with E-state index in [1.807, 2.05) is 13.8 Å². The number of carboxylic acids is 1. The summed E-state index contributed by atoms with van der Waals surface area (Å²) in [5.74, 6) is -1.23. The number of carboxylic acid groups (broad SMARTS) is 1. The van der Waals surface area contributed by atoms with Gasteiger partial charge in [-0.3, -0.25) is 4.79 Å². The molecule has 1 aliphatic rings. The molecule has 0 saturated carbocycles. The highest BCUT2D eigenvalue weighted by Gasteiger charge is 2.35. The number of amides is 2. The molecule has 0 aromatic heterocycles. The molecule has 110 valence electrons. The summed E-state index contributed by atoms with van der Waals surface area (Å²) in [7, 11) is -3.26. The van der Waals surface area contributed by atoms with Crippen LogP contribution in [0.5, 0.6) is 0 Å². The summed E-state index contributed by atoms with van der Waals surface area (Å²) in [4.78, 5) is 24.0. The first kappa shape index (κ1) is 15.7. The molecule has 1 unspecified atom stereocenters. The van der Waals surface area contributed by atoms with Crippen molar-refractivity contribution in [3.8, 4) is 0 Å². The van der Waals surface area contributed by atoms with Crippen molar-refractivity contribution in [2.24, 2.45) is 5.92 Å². The predicted molar refractivity (Wildman–Crippen MR) is 69.6 cm³/mol. The van der Waals surface area contributed by atoms with E-state index in [0.29, 0.717) is 6.54 Å². The molecule has 1 fully saturated rings. The number of urea groups is 1. The Labute approximate surface area is 112 Å². The fourth-order valence-electron chi connectivity index (χ4n) is 1.92. The van der Waals surface area contributed by atoms with Gasteiger partial charge in [-0.2, -0.15) is 0 Å².